The monoisotopic (exact) mass is 509 g/mol. The maximum Gasteiger partial charge on any atom is 0.326 e. The van der Waals surface area contributed by atoms with Gasteiger partial charge in [-0.1, -0.05) is 12.1 Å². The summed E-state index contributed by atoms with van der Waals surface area (Å²) < 4.78 is 0. The number of aliphatic carboxylic acids is 1. The highest BCUT2D eigenvalue weighted by atomic mass is 32.1. The van der Waals surface area contributed by atoms with Gasteiger partial charge in [-0.15, -0.1) is 0 Å². The van der Waals surface area contributed by atoms with E-state index in [4.69, 9.17) is 11.5 Å². The van der Waals surface area contributed by atoms with E-state index >= 15 is 0 Å². The van der Waals surface area contributed by atoms with Gasteiger partial charge in [0.05, 0.1) is 6.04 Å². The van der Waals surface area contributed by atoms with Gasteiger partial charge in [-0.05, 0) is 37.0 Å². The van der Waals surface area contributed by atoms with Crippen LogP contribution in [0.4, 0.5) is 0 Å². The van der Waals surface area contributed by atoms with Gasteiger partial charge in [0.1, 0.15) is 23.9 Å². The van der Waals surface area contributed by atoms with Crippen molar-refractivity contribution < 1.29 is 34.2 Å². The second-order valence-electron chi connectivity index (χ2n) is 8.31. The summed E-state index contributed by atoms with van der Waals surface area (Å²) in [4.78, 5) is 62.2. The number of hydrogen-bond donors (Lipinski definition) is 7. The number of rotatable bonds is 12. The van der Waals surface area contributed by atoms with Crippen LogP contribution in [-0.4, -0.2) is 81.2 Å². The van der Waals surface area contributed by atoms with Crippen molar-refractivity contribution >= 4 is 42.2 Å². The van der Waals surface area contributed by atoms with Crippen LogP contribution in [-0.2, 0) is 30.4 Å². The third-order valence-corrected chi connectivity index (χ3v) is 6.03. The molecular formula is C22H31N5O7S. The number of likely N-dealkylation sites (tertiary alicyclic amines) is 1. The van der Waals surface area contributed by atoms with Crippen LogP contribution in [0, 0.1) is 0 Å². The minimum absolute atomic E-state index is 0.0239. The molecule has 0 saturated carbocycles. The van der Waals surface area contributed by atoms with Crippen molar-refractivity contribution in [3.8, 4) is 5.75 Å². The highest BCUT2D eigenvalue weighted by Gasteiger charge is 2.37. The maximum absolute atomic E-state index is 12.9. The molecule has 1 aliphatic heterocycles. The highest BCUT2D eigenvalue weighted by Crippen LogP contribution is 2.19. The van der Waals surface area contributed by atoms with Gasteiger partial charge in [0, 0.05) is 25.1 Å². The molecule has 1 aromatic carbocycles. The molecule has 4 unspecified atom stereocenters. The number of nitrogens with zero attached hydrogens (tertiary/aromatic N) is 1. The molecule has 0 aliphatic carbocycles. The number of phenolic OH excluding ortho intramolecular Hbond substituents is 1. The molecule has 12 nitrogen and oxygen atoms in total. The third-order valence-electron chi connectivity index (χ3n) is 5.66. The van der Waals surface area contributed by atoms with Crippen molar-refractivity contribution in [2.45, 2.75) is 56.3 Å². The van der Waals surface area contributed by atoms with Gasteiger partial charge < -0.3 is 37.2 Å². The standard InChI is InChI=1S/C22H31N5O7S/c23-14(7-8-18(24)29)21(32)27-9-1-2-17(27)20(31)26-16(11-35)19(30)25-15(22(33)34)10-12-3-5-13(28)6-4-12/h3-6,14-17,28,35H,1-2,7-11,23H2,(H2,24,29)(H,25,30)(H,26,31)(H,33,34). The predicted octanol–water partition coefficient (Wildman–Crippen LogP) is -1.50. The minimum Gasteiger partial charge on any atom is -0.508 e. The zero-order valence-electron chi connectivity index (χ0n) is 19.1. The topological polar surface area (TPSA) is 205 Å². The first kappa shape index (κ1) is 27.9. The molecule has 0 radical (unpaired) electrons. The number of thiol groups is 1. The number of benzene rings is 1. The quantitative estimate of drug-likeness (QED) is 0.165. The molecule has 0 spiro atoms. The van der Waals surface area contributed by atoms with Crippen LogP contribution in [0.3, 0.4) is 0 Å². The Balaban J connectivity index is 2.00. The Morgan fingerprint density at radius 1 is 1.11 bits per heavy atom. The summed E-state index contributed by atoms with van der Waals surface area (Å²) in [5.74, 6) is -3.76. The minimum atomic E-state index is -1.28. The molecule has 1 fully saturated rings. The molecule has 1 aromatic rings. The van der Waals surface area contributed by atoms with Gasteiger partial charge in [-0.25, -0.2) is 4.79 Å². The molecule has 1 aliphatic rings. The lowest BCUT2D eigenvalue weighted by Crippen LogP contribution is -2.57. The molecular weight excluding hydrogens is 478 g/mol. The number of nitrogens with two attached hydrogens (primary N) is 2. The summed E-state index contributed by atoms with van der Waals surface area (Å²) in [6, 6.07) is 1.61. The van der Waals surface area contributed by atoms with E-state index in [1.165, 1.54) is 29.2 Å². The Hall–Kier alpha value is -3.32. The lowest BCUT2D eigenvalue weighted by atomic mass is 10.1. The van der Waals surface area contributed by atoms with Crippen LogP contribution >= 0.6 is 12.6 Å². The molecule has 0 bridgehead atoms. The van der Waals surface area contributed by atoms with Crippen molar-refractivity contribution in [2.24, 2.45) is 11.5 Å². The van der Waals surface area contributed by atoms with Crippen LogP contribution in [0.2, 0.25) is 0 Å². The van der Waals surface area contributed by atoms with Crippen LogP contribution in [0.5, 0.6) is 5.75 Å². The second kappa shape index (κ2) is 13.0. The number of carboxylic acids is 1. The van der Waals surface area contributed by atoms with E-state index in [1.807, 2.05) is 0 Å². The molecule has 35 heavy (non-hydrogen) atoms. The first-order valence-electron chi connectivity index (χ1n) is 11.1. The van der Waals surface area contributed by atoms with Gasteiger partial charge in [0.25, 0.3) is 0 Å². The average Bonchev–Trinajstić information content (AvgIpc) is 3.31. The fourth-order valence-electron chi connectivity index (χ4n) is 3.74. The predicted molar refractivity (Wildman–Crippen MR) is 128 cm³/mol. The molecule has 192 valence electrons. The Labute approximate surface area is 207 Å². The molecule has 1 saturated heterocycles. The molecule has 13 heteroatoms. The van der Waals surface area contributed by atoms with Gasteiger partial charge in [-0.3, -0.25) is 19.2 Å². The summed E-state index contributed by atoms with van der Waals surface area (Å²) in [5.41, 5.74) is 11.5. The van der Waals surface area contributed by atoms with E-state index in [0.29, 0.717) is 24.9 Å². The molecule has 4 amide bonds. The SMILES string of the molecule is NC(=O)CCC(N)C(=O)N1CCCC1C(=O)NC(CS)C(=O)NC(Cc1ccc(O)cc1)C(=O)O. The smallest absolute Gasteiger partial charge is 0.326 e. The summed E-state index contributed by atoms with van der Waals surface area (Å²) in [6.07, 6.45) is 0.868. The van der Waals surface area contributed by atoms with Crippen LogP contribution in [0.15, 0.2) is 24.3 Å². The fourth-order valence-corrected chi connectivity index (χ4v) is 4.00. The van der Waals surface area contributed by atoms with Crippen LogP contribution < -0.4 is 22.1 Å². The lowest BCUT2D eigenvalue weighted by molar-refractivity contribution is -0.143. The maximum atomic E-state index is 12.9. The van der Waals surface area contributed by atoms with Gasteiger partial charge in [0.15, 0.2) is 0 Å². The first-order valence-corrected chi connectivity index (χ1v) is 11.7. The van der Waals surface area contributed by atoms with Crippen molar-refractivity contribution in [1.82, 2.24) is 15.5 Å². The summed E-state index contributed by atoms with van der Waals surface area (Å²) in [5, 5.41) is 23.8. The van der Waals surface area contributed by atoms with Crippen LogP contribution in [0.1, 0.15) is 31.2 Å². The Kier molecular flexibility index (Phi) is 10.3. The zero-order chi connectivity index (χ0) is 26.1. The third kappa shape index (κ3) is 8.14. The summed E-state index contributed by atoms with van der Waals surface area (Å²) in [6.45, 7) is 0.298. The molecule has 0 aromatic heterocycles. The van der Waals surface area contributed by atoms with Crippen molar-refractivity contribution in [3.05, 3.63) is 29.8 Å². The Morgan fingerprint density at radius 3 is 2.34 bits per heavy atom. The number of carbonyl (C=O) groups excluding carboxylic acids is 4. The number of aromatic hydroxyl groups is 1. The van der Waals surface area contributed by atoms with E-state index in [-0.39, 0.29) is 30.8 Å². The van der Waals surface area contributed by atoms with Gasteiger partial charge in [-0.2, -0.15) is 12.6 Å². The highest BCUT2D eigenvalue weighted by molar-refractivity contribution is 7.80. The molecule has 1 heterocycles. The second-order valence-corrected chi connectivity index (χ2v) is 8.68. The number of hydrogen-bond acceptors (Lipinski definition) is 8. The summed E-state index contributed by atoms with van der Waals surface area (Å²) >= 11 is 4.10. The number of amides is 4. The average molecular weight is 510 g/mol. The fraction of sp³-hybridized carbons (Fsp3) is 0.500. The Morgan fingerprint density at radius 2 is 1.77 bits per heavy atom. The van der Waals surface area contributed by atoms with Crippen LogP contribution in [0.25, 0.3) is 0 Å². The van der Waals surface area contributed by atoms with Gasteiger partial charge >= 0.3 is 5.97 Å². The van der Waals surface area contributed by atoms with E-state index < -0.39 is 53.8 Å². The molecule has 8 N–H and O–H groups in total. The van der Waals surface area contributed by atoms with E-state index in [9.17, 15) is 34.2 Å². The molecule has 4 atom stereocenters. The number of primary amides is 1. The summed E-state index contributed by atoms with van der Waals surface area (Å²) in [7, 11) is 0. The van der Waals surface area contributed by atoms with E-state index in [2.05, 4.69) is 23.3 Å². The largest absolute Gasteiger partial charge is 0.508 e. The number of carboxylic acid groups (broad SMARTS) is 1. The molecule has 2 rings (SSSR count). The normalized spacial score (nSPS) is 17.8. The first-order chi connectivity index (χ1) is 16.5. The zero-order valence-corrected chi connectivity index (χ0v) is 19.9. The number of nitrogens with one attached hydrogen (secondary N) is 2. The number of carbonyl (C=O) groups is 5. The van der Waals surface area contributed by atoms with Crippen molar-refractivity contribution in [2.75, 3.05) is 12.3 Å². The van der Waals surface area contributed by atoms with E-state index in [0.717, 1.165) is 0 Å². The van der Waals surface area contributed by atoms with E-state index in [1.54, 1.807) is 0 Å². The van der Waals surface area contributed by atoms with Gasteiger partial charge in [0.2, 0.25) is 23.6 Å². The van der Waals surface area contributed by atoms with Crippen molar-refractivity contribution in [3.63, 3.8) is 0 Å². The lowest BCUT2D eigenvalue weighted by Gasteiger charge is -2.28. The number of phenols is 1. The Bertz CT molecular complexity index is 943. The van der Waals surface area contributed by atoms with Crippen molar-refractivity contribution in [1.29, 1.82) is 0 Å².